The summed E-state index contributed by atoms with van der Waals surface area (Å²) in [6.45, 7) is 3.49. The first-order valence-electron chi connectivity index (χ1n) is 6.25. The van der Waals surface area contributed by atoms with E-state index in [1.165, 1.54) is 18.2 Å². The third-order valence-corrected chi connectivity index (χ3v) is 2.98. The lowest BCUT2D eigenvalue weighted by Gasteiger charge is -2.08. The minimum Gasteiger partial charge on any atom is -0.462 e. The fraction of sp³-hybridized carbons (Fsp3) is 0.286. The van der Waals surface area contributed by atoms with Crippen molar-refractivity contribution in [1.29, 1.82) is 0 Å². The molecule has 0 aliphatic heterocycles. The van der Waals surface area contributed by atoms with E-state index in [-0.39, 0.29) is 18.8 Å². The summed E-state index contributed by atoms with van der Waals surface area (Å²) in [5, 5.41) is 2.68. The maximum absolute atomic E-state index is 13.2. The molecule has 0 aliphatic carbocycles. The topological polar surface area (TPSA) is 64.6 Å². The molecule has 1 aromatic carbocycles. The molecular weight excluding hydrogens is 345 g/mol. The Morgan fingerprint density at radius 1 is 1.24 bits per heavy atom. The van der Waals surface area contributed by atoms with Crippen molar-refractivity contribution in [1.82, 2.24) is 0 Å². The fourth-order valence-corrected chi connectivity index (χ4v) is 1.74. The van der Waals surface area contributed by atoms with Crippen molar-refractivity contribution in [2.75, 3.05) is 18.5 Å². The van der Waals surface area contributed by atoms with Crippen molar-refractivity contribution < 1.29 is 23.5 Å². The lowest BCUT2D eigenvalue weighted by molar-refractivity contribution is -0.146. The summed E-state index contributed by atoms with van der Waals surface area (Å²) in [5.74, 6) is -2.07. The molecular formula is C14H15BrFNO4. The van der Waals surface area contributed by atoms with E-state index in [1.807, 2.05) is 0 Å². The Labute approximate surface area is 130 Å². The Morgan fingerprint density at radius 3 is 2.33 bits per heavy atom. The van der Waals surface area contributed by atoms with Gasteiger partial charge in [0.1, 0.15) is 5.82 Å². The zero-order valence-corrected chi connectivity index (χ0v) is 13.2. The van der Waals surface area contributed by atoms with E-state index in [0.29, 0.717) is 10.2 Å². The average molecular weight is 360 g/mol. The van der Waals surface area contributed by atoms with Gasteiger partial charge in [-0.3, -0.25) is 0 Å². The number of anilines is 1. The van der Waals surface area contributed by atoms with Crippen LogP contribution in [0.1, 0.15) is 13.8 Å². The Bertz CT molecular complexity index is 540. The Hall–Kier alpha value is -1.89. The number of nitrogens with one attached hydrogen (secondary N) is 1. The molecule has 0 heterocycles. The molecule has 1 N–H and O–H groups in total. The molecule has 0 amide bonds. The number of rotatable bonds is 6. The van der Waals surface area contributed by atoms with Crippen LogP contribution in [0.25, 0.3) is 0 Å². The van der Waals surface area contributed by atoms with Crippen molar-refractivity contribution >= 4 is 33.6 Å². The van der Waals surface area contributed by atoms with E-state index >= 15 is 0 Å². The van der Waals surface area contributed by atoms with Gasteiger partial charge in [-0.2, -0.15) is 0 Å². The van der Waals surface area contributed by atoms with Gasteiger partial charge in [0.25, 0.3) is 0 Å². The van der Waals surface area contributed by atoms with E-state index in [4.69, 9.17) is 9.47 Å². The van der Waals surface area contributed by atoms with Crippen LogP contribution >= 0.6 is 15.9 Å². The second kappa shape index (κ2) is 8.41. The van der Waals surface area contributed by atoms with Gasteiger partial charge in [0.15, 0.2) is 5.57 Å². The highest BCUT2D eigenvalue weighted by molar-refractivity contribution is 9.10. The second-order valence-corrected chi connectivity index (χ2v) is 4.62. The average Bonchev–Trinajstić information content (AvgIpc) is 2.43. The van der Waals surface area contributed by atoms with Crippen LogP contribution in [0.5, 0.6) is 0 Å². The van der Waals surface area contributed by atoms with Gasteiger partial charge in [0, 0.05) is 10.7 Å². The first-order chi connectivity index (χ1) is 9.99. The first-order valence-corrected chi connectivity index (χ1v) is 7.04. The molecule has 1 aromatic rings. The summed E-state index contributed by atoms with van der Waals surface area (Å²) in [6, 6.07) is 3.99. The lowest BCUT2D eigenvalue weighted by atomic mass is 10.2. The molecule has 0 saturated heterocycles. The van der Waals surface area contributed by atoms with E-state index in [1.54, 1.807) is 13.8 Å². The van der Waals surface area contributed by atoms with Crippen LogP contribution in [0.3, 0.4) is 0 Å². The third kappa shape index (κ3) is 5.18. The fourth-order valence-electron chi connectivity index (χ4n) is 1.38. The summed E-state index contributed by atoms with van der Waals surface area (Å²) in [6.07, 6.45) is 1.13. The zero-order valence-electron chi connectivity index (χ0n) is 11.6. The van der Waals surface area contributed by atoms with Crippen LogP contribution < -0.4 is 5.32 Å². The number of benzene rings is 1. The molecule has 0 atom stereocenters. The monoisotopic (exact) mass is 359 g/mol. The Morgan fingerprint density at radius 2 is 1.81 bits per heavy atom. The number of carbonyl (C=O) groups is 2. The van der Waals surface area contributed by atoms with E-state index < -0.39 is 17.8 Å². The molecule has 0 spiro atoms. The van der Waals surface area contributed by atoms with Gasteiger partial charge in [-0.05, 0) is 48.0 Å². The molecule has 0 aromatic heterocycles. The van der Waals surface area contributed by atoms with Crippen molar-refractivity contribution in [2.24, 2.45) is 0 Å². The Kier molecular flexibility index (Phi) is 6.87. The van der Waals surface area contributed by atoms with E-state index in [2.05, 4.69) is 21.2 Å². The van der Waals surface area contributed by atoms with Gasteiger partial charge >= 0.3 is 11.9 Å². The summed E-state index contributed by atoms with van der Waals surface area (Å²) in [4.78, 5) is 23.4. The molecule has 0 aliphatic rings. The van der Waals surface area contributed by atoms with E-state index in [0.717, 1.165) is 6.20 Å². The second-order valence-electron chi connectivity index (χ2n) is 3.77. The van der Waals surface area contributed by atoms with Crippen molar-refractivity contribution in [3.8, 4) is 0 Å². The SMILES string of the molecule is CCOC(=O)C(=CNc1cc(F)ccc1Br)C(=O)OCC. The molecule has 21 heavy (non-hydrogen) atoms. The number of carbonyl (C=O) groups excluding carboxylic acids is 2. The van der Waals surface area contributed by atoms with Gasteiger partial charge in [0.2, 0.25) is 0 Å². The largest absolute Gasteiger partial charge is 0.462 e. The van der Waals surface area contributed by atoms with Crippen LogP contribution in [0, 0.1) is 5.82 Å². The number of hydrogen-bond acceptors (Lipinski definition) is 5. The molecule has 0 bridgehead atoms. The predicted octanol–water partition coefficient (Wildman–Crippen LogP) is 3.01. The summed E-state index contributed by atoms with van der Waals surface area (Å²) in [7, 11) is 0. The van der Waals surface area contributed by atoms with Gasteiger partial charge in [-0.1, -0.05) is 0 Å². The summed E-state index contributed by atoms with van der Waals surface area (Å²) >= 11 is 3.23. The predicted molar refractivity (Wildman–Crippen MR) is 79.1 cm³/mol. The van der Waals surface area contributed by atoms with Gasteiger partial charge < -0.3 is 14.8 Å². The highest BCUT2D eigenvalue weighted by atomic mass is 79.9. The number of hydrogen-bond donors (Lipinski definition) is 1. The van der Waals surface area contributed by atoms with Gasteiger partial charge in [0.05, 0.1) is 18.9 Å². The van der Waals surface area contributed by atoms with Crippen LogP contribution in [0.15, 0.2) is 34.4 Å². The zero-order chi connectivity index (χ0) is 15.8. The van der Waals surface area contributed by atoms with Gasteiger partial charge in [-0.15, -0.1) is 0 Å². The van der Waals surface area contributed by atoms with Crippen LogP contribution in [-0.4, -0.2) is 25.2 Å². The molecule has 5 nitrogen and oxygen atoms in total. The van der Waals surface area contributed by atoms with E-state index in [9.17, 15) is 14.0 Å². The van der Waals surface area contributed by atoms with Crippen LogP contribution in [-0.2, 0) is 19.1 Å². The standard InChI is InChI=1S/C14H15BrFNO4/c1-3-20-13(18)10(14(19)21-4-2)8-17-12-7-9(16)5-6-11(12)15/h5-8,17H,3-4H2,1-2H3. The molecule has 0 radical (unpaired) electrons. The number of esters is 2. The maximum atomic E-state index is 13.2. The lowest BCUT2D eigenvalue weighted by Crippen LogP contribution is -2.19. The molecule has 7 heteroatoms. The highest BCUT2D eigenvalue weighted by Crippen LogP contribution is 2.23. The van der Waals surface area contributed by atoms with Crippen molar-refractivity contribution in [3.05, 3.63) is 40.3 Å². The van der Waals surface area contributed by atoms with Crippen LogP contribution in [0.2, 0.25) is 0 Å². The van der Waals surface area contributed by atoms with Crippen LogP contribution in [0.4, 0.5) is 10.1 Å². The summed E-state index contributed by atoms with van der Waals surface area (Å²) in [5.41, 5.74) is 0.0657. The smallest absolute Gasteiger partial charge is 0.347 e. The van der Waals surface area contributed by atoms with Crippen molar-refractivity contribution in [2.45, 2.75) is 13.8 Å². The van der Waals surface area contributed by atoms with Crippen molar-refractivity contribution in [3.63, 3.8) is 0 Å². The maximum Gasteiger partial charge on any atom is 0.347 e. The first kappa shape index (κ1) is 17.2. The quantitative estimate of drug-likeness (QED) is 0.366. The Balaban J connectivity index is 2.99. The third-order valence-electron chi connectivity index (χ3n) is 2.29. The highest BCUT2D eigenvalue weighted by Gasteiger charge is 2.21. The molecule has 1 rings (SSSR count). The number of halogens is 2. The van der Waals surface area contributed by atoms with Gasteiger partial charge in [-0.25, -0.2) is 14.0 Å². The minimum absolute atomic E-state index is 0.124. The summed E-state index contributed by atoms with van der Waals surface area (Å²) < 4.78 is 23.3. The molecule has 0 fully saturated rings. The minimum atomic E-state index is -0.809. The number of ether oxygens (including phenoxy) is 2. The molecule has 0 saturated carbocycles. The normalized spacial score (nSPS) is 9.71. The molecule has 114 valence electrons. The molecule has 0 unspecified atom stereocenters.